The molecular formula is C15H30N2O. The first-order valence-corrected chi connectivity index (χ1v) is 7.73. The van der Waals surface area contributed by atoms with E-state index < -0.39 is 0 Å². The second-order valence-corrected chi connectivity index (χ2v) is 6.72. The first-order chi connectivity index (χ1) is 8.60. The minimum Gasteiger partial charge on any atom is -0.390 e. The molecule has 0 aromatic rings. The van der Waals surface area contributed by atoms with Gasteiger partial charge in [0, 0.05) is 19.1 Å². The summed E-state index contributed by atoms with van der Waals surface area (Å²) in [6.45, 7) is 8.20. The molecule has 1 aliphatic heterocycles. The van der Waals surface area contributed by atoms with E-state index in [-0.39, 0.29) is 6.10 Å². The highest BCUT2D eigenvalue weighted by Crippen LogP contribution is 2.45. The average molecular weight is 254 g/mol. The predicted molar refractivity (Wildman–Crippen MR) is 75.7 cm³/mol. The SMILES string of the molecule is CC(C)NCC(O)CN1CCC2(CCCC2)CC1. The molecule has 1 aliphatic carbocycles. The Balaban J connectivity index is 1.66. The van der Waals surface area contributed by atoms with Crippen molar-refractivity contribution in [3.05, 3.63) is 0 Å². The third kappa shape index (κ3) is 3.94. The van der Waals surface area contributed by atoms with Crippen LogP contribution < -0.4 is 5.32 Å². The van der Waals surface area contributed by atoms with Gasteiger partial charge in [0.05, 0.1) is 6.10 Å². The second kappa shape index (κ2) is 6.36. The van der Waals surface area contributed by atoms with E-state index in [4.69, 9.17) is 0 Å². The molecule has 1 heterocycles. The monoisotopic (exact) mass is 254 g/mol. The lowest BCUT2D eigenvalue weighted by Crippen LogP contribution is -2.45. The molecule has 0 radical (unpaired) electrons. The van der Waals surface area contributed by atoms with Gasteiger partial charge in [0.15, 0.2) is 0 Å². The fourth-order valence-corrected chi connectivity index (χ4v) is 3.57. The second-order valence-electron chi connectivity index (χ2n) is 6.72. The van der Waals surface area contributed by atoms with E-state index >= 15 is 0 Å². The summed E-state index contributed by atoms with van der Waals surface area (Å²) < 4.78 is 0. The van der Waals surface area contributed by atoms with Crippen LogP contribution in [0.4, 0.5) is 0 Å². The topological polar surface area (TPSA) is 35.5 Å². The standard InChI is InChI=1S/C15H30N2O/c1-13(2)16-11-14(18)12-17-9-7-15(8-10-17)5-3-4-6-15/h13-14,16,18H,3-12H2,1-2H3. The van der Waals surface area contributed by atoms with Crippen LogP contribution in [0.15, 0.2) is 0 Å². The van der Waals surface area contributed by atoms with Crippen molar-refractivity contribution in [3.63, 3.8) is 0 Å². The number of aliphatic hydroxyl groups excluding tert-OH is 1. The summed E-state index contributed by atoms with van der Waals surface area (Å²) in [6.07, 6.45) is 8.30. The Hall–Kier alpha value is -0.120. The Morgan fingerprint density at radius 3 is 2.28 bits per heavy atom. The van der Waals surface area contributed by atoms with Gasteiger partial charge in [-0.1, -0.05) is 26.7 Å². The van der Waals surface area contributed by atoms with Gasteiger partial charge in [-0.25, -0.2) is 0 Å². The largest absolute Gasteiger partial charge is 0.390 e. The molecule has 1 saturated carbocycles. The maximum Gasteiger partial charge on any atom is 0.0791 e. The average Bonchev–Trinajstić information content (AvgIpc) is 2.79. The number of piperidine rings is 1. The smallest absolute Gasteiger partial charge is 0.0791 e. The number of rotatable bonds is 5. The zero-order chi connectivity index (χ0) is 13.0. The molecule has 0 aromatic carbocycles. The van der Waals surface area contributed by atoms with Crippen LogP contribution in [0.25, 0.3) is 0 Å². The summed E-state index contributed by atoms with van der Waals surface area (Å²) in [7, 11) is 0. The van der Waals surface area contributed by atoms with Gasteiger partial charge in [-0.05, 0) is 44.2 Å². The molecule has 2 aliphatic rings. The highest BCUT2D eigenvalue weighted by molar-refractivity contribution is 4.90. The quantitative estimate of drug-likeness (QED) is 0.788. The van der Waals surface area contributed by atoms with Crippen LogP contribution >= 0.6 is 0 Å². The molecule has 1 saturated heterocycles. The van der Waals surface area contributed by atoms with Crippen molar-refractivity contribution in [3.8, 4) is 0 Å². The van der Waals surface area contributed by atoms with Crippen LogP contribution in [0.2, 0.25) is 0 Å². The molecule has 18 heavy (non-hydrogen) atoms. The van der Waals surface area contributed by atoms with Gasteiger partial charge in [-0.2, -0.15) is 0 Å². The van der Waals surface area contributed by atoms with E-state index in [1.165, 1.54) is 51.6 Å². The van der Waals surface area contributed by atoms with Crippen LogP contribution in [-0.2, 0) is 0 Å². The number of aliphatic hydroxyl groups is 1. The van der Waals surface area contributed by atoms with Crippen LogP contribution in [0.1, 0.15) is 52.4 Å². The van der Waals surface area contributed by atoms with Gasteiger partial charge in [-0.3, -0.25) is 0 Å². The molecule has 1 unspecified atom stereocenters. The Kier molecular flexibility index (Phi) is 5.05. The number of nitrogens with zero attached hydrogens (tertiary/aromatic N) is 1. The number of likely N-dealkylation sites (tertiary alicyclic amines) is 1. The lowest BCUT2D eigenvalue weighted by atomic mass is 9.77. The lowest BCUT2D eigenvalue weighted by Gasteiger charge is -2.40. The number of hydrogen-bond acceptors (Lipinski definition) is 3. The molecule has 106 valence electrons. The number of nitrogens with one attached hydrogen (secondary N) is 1. The summed E-state index contributed by atoms with van der Waals surface area (Å²) in [5.41, 5.74) is 0.692. The maximum absolute atomic E-state index is 10.0. The summed E-state index contributed by atoms with van der Waals surface area (Å²) in [6, 6.07) is 0.461. The van der Waals surface area contributed by atoms with Crippen LogP contribution in [0.5, 0.6) is 0 Å². The summed E-state index contributed by atoms with van der Waals surface area (Å²) in [5, 5.41) is 13.3. The Labute approximate surface area is 112 Å². The molecule has 2 rings (SSSR count). The number of hydrogen-bond donors (Lipinski definition) is 2. The van der Waals surface area contributed by atoms with E-state index in [9.17, 15) is 5.11 Å². The normalized spacial score (nSPS) is 26.0. The van der Waals surface area contributed by atoms with Crippen molar-refractivity contribution >= 4 is 0 Å². The minimum absolute atomic E-state index is 0.218. The fraction of sp³-hybridized carbons (Fsp3) is 1.00. The zero-order valence-corrected chi connectivity index (χ0v) is 12.1. The molecule has 2 fully saturated rings. The first kappa shape index (κ1) is 14.3. The molecule has 0 bridgehead atoms. The van der Waals surface area contributed by atoms with E-state index in [1.807, 2.05) is 0 Å². The molecular weight excluding hydrogens is 224 g/mol. The number of β-amino-alcohol motifs (C(OH)–C–C–N with tert-alkyl or cyclic N) is 1. The zero-order valence-electron chi connectivity index (χ0n) is 12.1. The molecule has 1 spiro atoms. The van der Waals surface area contributed by atoms with E-state index in [1.54, 1.807) is 0 Å². The van der Waals surface area contributed by atoms with Crippen molar-refractivity contribution in [2.24, 2.45) is 5.41 Å². The van der Waals surface area contributed by atoms with Crippen LogP contribution in [0, 0.1) is 5.41 Å². The van der Waals surface area contributed by atoms with Gasteiger partial charge in [-0.15, -0.1) is 0 Å². The van der Waals surface area contributed by atoms with Gasteiger partial charge < -0.3 is 15.3 Å². The van der Waals surface area contributed by atoms with E-state index in [2.05, 4.69) is 24.1 Å². The van der Waals surface area contributed by atoms with Gasteiger partial charge in [0.1, 0.15) is 0 Å². The Morgan fingerprint density at radius 1 is 1.11 bits per heavy atom. The summed E-state index contributed by atoms with van der Waals surface area (Å²) in [5.74, 6) is 0. The molecule has 0 amide bonds. The summed E-state index contributed by atoms with van der Waals surface area (Å²) in [4.78, 5) is 2.45. The highest BCUT2D eigenvalue weighted by Gasteiger charge is 2.36. The molecule has 3 heteroatoms. The van der Waals surface area contributed by atoms with Crippen LogP contribution in [-0.4, -0.2) is 48.3 Å². The maximum atomic E-state index is 10.0. The fourth-order valence-electron chi connectivity index (χ4n) is 3.57. The van der Waals surface area contributed by atoms with Crippen molar-refractivity contribution in [2.75, 3.05) is 26.2 Å². The van der Waals surface area contributed by atoms with Crippen molar-refractivity contribution in [2.45, 2.75) is 64.5 Å². The highest BCUT2D eigenvalue weighted by atomic mass is 16.3. The van der Waals surface area contributed by atoms with Gasteiger partial charge in [0.2, 0.25) is 0 Å². The van der Waals surface area contributed by atoms with Crippen molar-refractivity contribution in [1.29, 1.82) is 0 Å². The van der Waals surface area contributed by atoms with Gasteiger partial charge >= 0.3 is 0 Å². The van der Waals surface area contributed by atoms with E-state index in [0.29, 0.717) is 11.5 Å². The molecule has 2 N–H and O–H groups in total. The van der Waals surface area contributed by atoms with Crippen molar-refractivity contribution < 1.29 is 5.11 Å². The molecule has 1 atom stereocenters. The molecule has 3 nitrogen and oxygen atoms in total. The van der Waals surface area contributed by atoms with E-state index in [0.717, 1.165) is 13.1 Å². The predicted octanol–water partition coefficient (Wildman–Crippen LogP) is 2.00. The third-order valence-corrected chi connectivity index (χ3v) is 4.81. The first-order valence-electron chi connectivity index (χ1n) is 7.73. The lowest BCUT2D eigenvalue weighted by molar-refractivity contribution is 0.0591. The third-order valence-electron chi connectivity index (χ3n) is 4.81. The van der Waals surface area contributed by atoms with Gasteiger partial charge in [0.25, 0.3) is 0 Å². The van der Waals surface area contributed by atoms with Crippen LogP contribution in [0.3, 0.4) is 0 Å². The summed E-state index contributed by atoms with van der Waals surface area (Å²) >= 11 is 0. The molecule has 0 aromatic heterocycles. The Bertz CT molecular complexity index is 239. The van der Waals surface area contributed by atoms with Crippen molar-refractivity contribution in [1.82, 2.24) is 10.2 Å². The minimum atomic E-state index is -0.218. The Morgan fingerprint density at radius 2 is 1.72 bits per heavy atom.